The van der Waals surface area contributed by atoms with Gasteiger partial charge in [-0.3, -0.25) is 0 Å². The molecule has 322 valence electrons. The van der Waals surface area contributed by atoms with Crippen LogP contribution in [-0.2, 0) is 0 Å². The number of aromatic nitrogens is 5. The van der Waals surface area contributed by atoms with E-state index in [1.807, 2.05) is 60.7 Å². The van der Waals surface area contributed by atoms with Gasteiger partial charge in [0.25, 0.3) is 0 Å². The highest BCUT2D eigenvalue weighted by Gasteiger charge is 2.22. The molecule has 0 amide bonds. The minimum Gasteiger partial charge on any atom is -0.456 e. The lowest BCUT2D eigenvalue weighted by molar-refractivity contribution is 0.669. The maximum Gasteiger partial charge on any atom is 0.164 e. The normalized spacial score (nSPS) is 11.8. The standard InChI is InChI=1S/C63H39N5O/c1-5-17-40(18-6-1)43-30-33-59-52(35-43)53-36-44(31-34-60(53)69-59)49-37-45(63-65-61(41-19-7-2-8-20-41)64-62(66-63)42-21-9-3-10-22-42)29-32-56(49)68-55-28-16-14-26-48(55)51-38-50-47-25-13-15-27-54(47)67(57(50)39-58(51)68)46-23-11-4-12-24-46/h1-39H. The molecule has 0 N–H and O–H groups in total. The van der Waals surface area contributed by atoms with Gasteiger partial charge in [-0.15, -0.1) is 0 Å². The highest BCUT2D eigenvalue weighted by atomic mass is 16.3. The van der Waals surface area contributed by atoms with Crippen LogP contribution in [0.3, 0.4) is 0 Å². The SMILES string of the molecule is c1ccc(-c2ccc3oc4ccc(-c5cc(-c6nc(-c7ccccc7)nc(-c7ccccc7)n6)ccc5-n5c6ccccc6c6cc7c8ccccc8n(-c8ccccc8)c7cc65)cc4c3c2)cc1. The summed E-state index contributed by atoms with van der Waals surface area (Å²) in [5.74, 6) is 1.82. The van der Waals surface area contributed by atoms with Crippen molar-refractivity contribution in [3.63, 3.8) is 0 Å². The van der Waals surface area contributed by atoms with Crippen molar-refractivity contribution in [2.45, 2.75) is 0 Å². The molecule has 14 aromatic rings. The van der Waals surface area contributed by atoms with E-state index in [9.17, 15) is 0 Å². The molecule has 0 aliphatic rings. The Hall–Kier alpha value is -9.39. The third kappa shape index (κ3) is 6.38. The van der Waals surface area contributed by atoms with E-state index in [2.05, 4.69) is 185 Å². The Morgan fingerprint density at radius 3 is 1.35 bits per heavy atom. The number of rotatable bonds is 7. The number of hydrogen-bond acceptors (Lipinski definition) is 4. The van der Waals surface area contributed by atoms with Gasteiger partial charge in [0, 0.05) is 60.3 Å². The van der Waals surface area contributed by atoms with Crippen LogP contribution < -0.4 is 0 Å². The molecule has 10 aromatic carbocycles. The predicted octanol–water partition coefficient (Wildman–Crippen LogP) is 16.3. The number of nitrogens with zero attached hydrogens (tertiary/aromatic N) is 5. The van der Waals surface area contributed by atoms with Gasteiger partial charge in [0.05, 0.1) is 27.8 Å². The van der Waals surface area contributed by atoms with E-state index in [1.165, 1.54) is 27.1 Å². The van der Waals surface area contributed by atoms with Crippen LogP contribution in [0.4, 0.5) is 0 Å². The molecule has 6 heteroatoms. The number of fused-ring (bicyclic) bond motifs is 9. The third-order valence-electron chi connectivity index (χ3n) is 13.6. The Labute approximate surface area is 396 Å². The van der Waals surface area contributed by atoms with Crippen LogP contribution >= 0.6 is 0 Å². The van der Waals surface area contributed by atoms with Crippen molar-refractivity contribution in [1.82, 2.24) is 24.1 Å². The van der Waals surface area contributed by atoms with Gasteiger partial charge in [-0.2, -0.15) is 0 Å². The molecule has 0 saturated heterocycles. The van der Waals surface area contributed by atoms with Crippen molar-refractivity contribution in [2.24, 2.45) is 0 Å². The Balaban J connectivity index is 1.06. The van der Waals surface area contributed by atoms with E-state index in [0.29, 0.717) is 17.5 Å². The quantitative estimate of drug-likeness (QED) is 0.160. The second kappa shape index (κ2) is 15.6. The zero-order chi connectivity index (χ0) is 45.4. The smallest absolute Gasteiger partial charge is 0.164 e. The number of hydrogen-bond donors (Lipinski definition) is 0. The highest BCUT2D eigenvalue weighted by Crippen LogP contribution is 2.43. The van der Waals surface area contributed by atoms with Crippen LogP contribution in [0.25, 0.3) is 133 Å². The van der Waals surface area contributed by atoms with Crippen molar-refractivity contribution >= 4 is 65.6 Å². The van der Waals surface area contributed by atoms with E-state index in [4.69, 9.17) is 19.4 Å². The fraction of sp³-hybridized carbons (Fsp3) is 0. The summed E-state index contributed by atoms with van der Waals surface area (Å²) < 4.78 is 11.4. The fourth-order valence-electron chi connectivity index (χ4n) is 10.3. The first-order chi connectivity index (χ1) is 34.2. The lowest BCUT2D eigenvalue weighted by atomic mass is 9.97. The number of furan rings is 1. The van der Waals surface area contributed by atoms with Crippen LogP contribution in [0.2, 0.25) is 0 Å². The van der Waals surface area contributed by atoms with Crippen molar-refractivity contribution in [3.8, 4) is 67.8 Å². The largest absolute Gasteiger partial charge is 0.456 e. The minimum absolute atomic E-state index is 0.592. The Kier molecular flexibility index (Phi) is 8.79. The summed E-state index contributed by atoms with van der Waals surface area (Å²) in [6.45, 7) is 0. The molecule has 0 unspecified atom stereocenters. The van der Waals surface area contributed by atoms with Crippen LogP contribution in [0, 0.1) is 0 Å². The molecule has 0 atom stereocenters. The van der Waals surface area contributed by atoms with Crippen molar-refractivity contribution in [1.29, 1.82) is 0 Å². The lowest BCUT2D eigenvalue weighted by Gasteiger charge is -2.17. The topological polar surface area (TPSA) is 61.7 Å². The summed E-state index contributed by atoms with van der Waals surface area (Å²) in [7, 11) is 0. The van der Waals surface area contributed by atoms with Gasteiger partial charge in [-0.1, -0.05) is 158 Å². The van der Waals surface area contributed by atoms with Gasteiger partial charge in [-0.25, -0.2) is 15.0 Å². The molecule has 0 bridgehead atoms. The van der Waals surface area contributed by atoms with Crippen LogP contribution in [0.5, 0.6) is 0 Å². The summed E-state index contributed by atoms with van der Waals surface area (Å²) in [4.78, 5) is 15.4. The van der Waals surface area contributed by atoms with Crippen molar-refractivity contribution < 1.29 is 4.42 Å². The zero-order valence-corrected chi connectivity index (χ0v) is 37.2. The Morgan fingerprint density at radius 2 is 0.739 bits per heavy atom. The molecular formula is C63H39N5O. The third-order valence-corrected chi connectivity index (χ3v) is 13.6. The second-order valence-corrected chi connectivity index (χ2v) is 17.6. The Morgan fingerprint density at radius 1 is 0.275 bits per heavy atom. The van der Waals surface area contributed by atoms with E-state index in [-0.39, 0.29) is 0 Å². The average Bonchev–Trinajstić information content (AvgIpc) is 4.07. The van der Waals surface area contributed by atoms with Crippen molar-refractivity contribution in [3.05, 3.63) is 237 Å². The minimum atomic E-state index is 0.592. The summed E-state index contributed by atoms with van der Waals surface area (Å²) in [6, 6.07) is 83.5. The van der Waals surface area contributed by atoms with E-state index in [0.717, 1.165) is 88.8 Å². The van der Waals surface area contributed by atoms with E-state index < -0.39 is 0 Å². The van der Waals surface area contributed by atoms with Crippen LogP contribution in [0.15, 0.2) is 241 Å². The molecule has 4 heterocycles. The van der Waals surface area contributed by atoms with Gasteiger partial charge in [0.15, 0.2) is 17.5 Å². The molecule has 0 radical (unpaired) electrons. The molecule has 0 fully saturated rings. The van der Waals surface area contributed by atoms with Crippen LogP contribution in [0.1, 0.15) is 0 Å². The maximum absolute atomic E-state index is 6.53. The first kappa shape index (κ1) is 38.8. The number of para-hydroxylation sites is 3. The van der Waals surface area contributed by atoms with E-state index in [1.54, 1.807) is 0 Å². The lowest BCUT2D eigenvalue weighted by Crippen LogP contribution is -2.02. The molecule has 0 spiro atoms. The predicted molar refractivity (Wildman–Crippen MR) is 283 cm³/mol. The summed E-state index contributed by atoms with van der Waals surface area (Å²) in [6.07, 6.45) is 0. The average molecular weight is 882 g/mol. The van der Waals surface area contributed by atoms with Gasteiger partial charge >= 0.3 is 0 Å². The molecule has 4 aromatic heterocycles. The maximum atomic E-state index is 6.53. The molecule has 69 heavy (non-hydrogen) atoms. The van der Waals surface area contributed by atoms with Gasteiger partial charge < -0.3 is 13.6 Å². The number of benzene rings is 10. The highest BCUT2D eigenvalue weighted by molar-refractivity contribution is 6.19. The molecular weight excluding hydrogens is 843 g/mol. The molecule has 0 aliphatic carbocycles. The van der Waals surface area contributed by atoms with E-state index >= 15 is 0 Å². The first-order valence-corrected chi connectivity index (χ1v) is 23.3. The molecule has 6 nitrogen and oxygen atoms in total. The summed E-state index contributed by atoms with van der Waals surface area (Å²) in [5.41, 5.74) is 15.5. The van der Waals surface area contributed by atoms with Gasteiger partial charge in [0.2, 0.25) is 0 Å². The van der Waals surface area contributed by atoms with Gasteiger partial charge in [-0.05, 0) is 95.6 Å². The summed E-state index contributed by atoms with van der Waals surface area (Å²) >= 11 is 0. The first-order valence-electron chi connectivity index (χ1n) is 23.3. The summed E-state index contributed by atoms with van der Waals surface area (Å²) in [5, 5.41) is 6.92. The zero-order valence-electron chi connectivity index (χ0n) is 37.2. The van der Waals surface area contributed by atoms with Crippen molar-refractivity contribution in [2.75, 3.05) is 0 Å². The van der Waals surface area contributed by atoms with Crippen LogP contribution in [-0.4, -0.2) is 24.1 Å². The Bertz CT molecular complexity index is 4230. The van der Waals surface area contributed by atoms with Gasteiger partial charge in [0.1, 0.15) is 11.2 Å². The molecule has 14 rings (SSSR count). The molecule has 0 saturated carbocycles. The molecule has 0 aliphatic heterocycles. The fourth-order valence-corrected chi connectivity index (χ4v) is 10.3. The second-order valence-electron chi connectivity index (χ2n) is 17.6. The monoisotopic (exact) mass is 881 g/mol.